The van der Waals surface area contributed by atoms with Crippen LogP contribution in [0.5, 0.6) is 0 Å². The average molecular weight is 447 g/mol. The quantitative estimate of drug-likeness (QED) is 0.361. The van der Waals surface area contributed by atoms with Crippen LogP contribution in [0.25, 0.3) is 21.8 Å². The van der Waals surface area contributed by atoms with E-state index in [1.54, 1.807) is 53.1 Å². The van der Waals surface area contributed by atoms with Crippen LogP contribution in [0.2, 0.25) is 0 Å². The molecule has 0 aliphatic carbocycles. The number of hydrogen-bond acceptors (Lipinski definition) is 5. The number of fused-ring (bicyclic) bond motifs is 2. The van der Waals surface area contributed by atoms with E-state index in [4.69, 9.17) is 4.74 Å². The normalized spacial score (nSPS) is 10.7. The molecule has 0 atom stereocenters. The first kappa shape index (κ1) is 21.7. The van der Waals surface area contributed by atoms with Crippen LogP contribution in [0.3, 0.4) is 0 Å². The van der Waals surface area contributed by atoms with E-state index in [1.807, 2.05) is 5.32 Å². The maximum absolute atomic E-state index is 13.6. The number of imide groups is 1. The lowest BCUT2D eigenvalue weighted by atomic mass is 10.1. The molecule has 0 bridgehead atoms. The number of para-hydroxylation sites is 3. The van der Waals surface area contributed by atoms with Crippen molar-refractivity contribution in [2.45, 2.75) is 6.54 Å². The number of halogens is 1. The van der Waals surface area contributed by atoms with Gasteiger partial charge in [0.25, 0.3) is 5.91 Å². The van der Waals surface area contributed by atoms with E-state index in [-0.39, 0.29) is 17.7 Å². The summed E-state index contributed by atoms with van der Waals surface area (Å²) in [5.41, 5.74) is 0.849. The van der Waals surface area contributed by atoms with Gasteiger partial charge in [0, 0.05) is 10.8 Å². The minimum Gasteiger partial charge on any atom is -0.454 e. The minimum atomic E-state index is -0.960. The van der Waals surface area contributed by atoms with Gasteiger partial charge in [-0.2, -0.15) is 0 Å². The highest BCUT2D eigenvalue weighted by atomic mass is 19.1. The molecule has 9 heteroatoms. The van der Waals surface area contributed by atoms with Crippen molar-refractivity contribution in [2.24, 2.45) is 0 Å². The lowest BCUT2D eigenvalue weighted by Gasteiger charge is -2.14. The number of nitrogens with zero attached hydrogens (tertiary/aromatic N) is 1. The number of pyridine rings is 1. The van der Waals surface area contributed by atoms with Gasteiger partial charge in [-0.3, -0.25) is 19.7 Å². The Labute approximate surface area is 186 Å². The summed E-state index contributed by atoms with van der Waals surface area (Å²) in [6.45, 7) is -0.963. The molecule has 4 rings (SSSR count). The molecule has 3 amide bonds. The minimum absolute atomic E-state index is 0.100. The number of hydrogen-bond donors (Lipinski definition) is 2. The van der Waals surface area contributed by atoms with Crippen LogP contribution in [0.15, 0.2) is 77.6 Å². The molecule has 4 aromatic rings. The zero-order valence-electron chi connectivity index (χ0n) is 17.2. The van der Waals surface area contributed by atoms with Crippen molar-refractivity contribution < 1.29 is 23.5 Å². The van der Waals surface area contributed by atoms with E-state index < -0.39 is 30.3 Å². The molecule has 166 valence electrons. The summed E-state index contributed by atoms with van der Waals surface area (Å²) in [6.07, 6.45) is 0. The number of carbonyl (C=O) groups is 3. The van der Waals surface area contributed by atoms with Gasteiger partial charge in [-0.25, -0.2) is 9.18 Å². The first-order valence-electron chi connectivity index (χ1n) is 9.95. The second kappa shape index (κ2) is 9.31. The smallest absolute Gasteiger partial charge is 0.326 e. The van der Waals surface area contributed by atoms with Crippen LogP contribution < -0.4 is 16.1 Å². The number of anilines is 1. The fourth-order valence-corrected chi connectivity index (χ4v) is 3.45. The van der Waals surface area contributed by atoms with Gasteiger partial charge in [0.2, 0.25) is 0 Å². The van der Waals surface area contributed by atoms with Gasteiger partial charge < -0.3 is 14.6 Å². The fraction of sp³-hybridized carbons (Fsp3) is 0.0833. The first-order valence-corrected chi connectivity index (χ1v) is 9.95. The van der Waals surface area contributed by atoms with E-state index in [9.17, 15) is 23.6 Å². The highest BCUT2D eigenvalue weighted by Gasteiger charge is 2.16. The Balaban J connectivity index is 1.43. The van der Waals surface area contributed by atoms with Gasteiger partial charge in [-0.15, -0.1) is 0 Å². The maximum atomic E-state index is 13.6. The summed E-state index contributed by atoms with van der Waals surface area (Å²) < 4.78 is 20.2. The molecule has 0 saturated carbocycles. The third kappa shape index (κ3) is 4.72. The summed E-state index contributed by atoms with van der Waals surface area (Å²) in [7, 11) is 0. The number of benzene rings is 3. The largest absolute Gasteiger partial charge is 0.454 e. The van der Waals surface area contributed by atoms with Gasteiger partial charge in [0.05, 0.1) is 16.7 Å². The Morgan fingerprint density at radius 1 is 0.848 bits per heavy atom. The van der Waals surface area contributed by atoms with E-state index >= 15 is 0 Å². The molecular formula is C24H18FN3O5. The molecular weight excluding hydrogens is 429 g/mol. The van der Waals surface area contributed by atoms with E-state index in [0.717, 1.165) is 6.07 Å². The Bertz CT molecular complexity index is 1390. The van der Waals surface area contributed by atoms with Crippen molar-refractivity contribution in [3.8, 4) is 0 Å². The summed E-state index contributed by atoms with van der Waals surface area (Å²) in [4.78, 5) is 49.0. The fourth-order valence-electron chi connectivity index (χ4n) is 3.45. The van der Waals surface area contributed by atoms with E-state index in [0.29, 0.717) is 21.8 Å². The Morgan fingerprint density at radius 3 is 2.06 bits per heavy atom. The van der Waals surface area contributed by atoms with Crippen molar-refractivity contribution in [2.75, 3.05) is 11.9 Å². The first-order chi connectivity index (χ1) is 15.9. The average Bonchev–Trinajstić information content (AvgIpc) is 2.82. The molecule has 0 radical (unpaired) electrons. The summed E-state index contributed by atoms with van der Waals surface area (Å²) in [5, 5.41) is 5.06. The molecule has 0 saturated heterocycles. The number of esters is 1. The lowest BCUT2D eigenvalue weighted by Crippen LogP contribution is -2.37. The molecule has 0 aliphatic rings. The van der Waals surface area contributed by atoms with Crippen molar-refractivity contribution in [3.63, 3.8) is 0 Å². The van der Waals surface area contributed by atoms with Crippen LogP contribution in [0, 0.1) is 5.82 Å². The van der Waals surface area contributed by atoms with Crippen molar-refractivity contribution in [1.29, 1.82) is 0 Å². The number of rotatable bonds is 5. The van der Waals surface area contributed by atoms with Crippen molar-refractivity contribution in [3.05, 3.63) is 88.8 Å². The summed E-state index contributed by atoms with van der Waals surface area (Å²) in [5.74, 6) is -2.28. The van der Waals surface area contributed by atoms with Gasteiger partial charge in [0.1, 0.15) is 12.4 Å². The van der Waals surface area contributed by atoms with Crippen LogP contribution >= 0.6 is 0 Å². The SMILES string of the molecule is O=C(COC(=O)Cn1c2ccccc2c(=O)c2ccccc21)NC(=O)Nc1ccccc1F. The molecule has 1 heterocycles. The number of nitrogens with one attached hydrogen (secondary N) is 2. The highest BCUT2D eigenvalue weighted by Crippen LogP contribution is 2.19. The van der Waals surface area contributed by atoms with E-state index in [2.05, 4.69) is 5.32 Å². The zero-order chi connectivity index (χ0) is 23.4. The number of carbonyl (C=O) groups excluding carboxylic acids is 3. The van der Waals surface area contributed by atoms with Crippen molar-refractivity contribution in [1.82, 2.24) is 9.88 Å². The summed E-state index contributed by atoms with van der Waals surface area (Å²) >= 11 is 0. The third-order valence-corrected chi connectivity index (χ3v) is 4.91. The molecule has 0 fully saturated rings. The second-order valence-electron chi connectivity index (χ2n) is 7.09. The Morgan fingerprint density at radius 2 is 1.42 bits per heavy atom. The molecule has 33 heavy (non-hydrogen) atoms. The van der Waals surface area contributed by atoms with Crippen LogP contribution in [-0.2, 0) is 20.9 Å². The Kier molecular flexibility index (Phi) is 6.12. The zero-order valence-corrected chi connectivity index (χ0v) is 17.2. The van der Waals surface area contributed by atoms with Gasteiger partial charge in [-0.05, 0) is 36.4 Å². The number of urea groups is 1. The molecule has 8 nitrogen and oxygen atoms in total. The predicted molar refractivity (Wildman–Crippen MR) is 120 cm³/mol. The monoisotopic (exact) mass is 447 g/mol. The van der Waals surface area contributed by atoms with Crippen LogP contribution in [0.4, 0.5) is 14.9 Å². The van der Waals surface area contributed by atoms with Crippen molar-refractivity contribution >= 4 is 45.4 Å². The standard InChI is InChI=1S/C24H18FN3O5/c25-17-9-3-4-10-18(17)26-24(32)27-21(29)14-33-22(30)13-28-19-11-5-1-7-15(19)23(31)16-8-2-6-12-20(16)28/h1-12H,13-14H2,(H2,26,27,29,32). The maximum Gasteiger partial charge on any atom is 0.326 e. The highest BCUT2D eigenvalue weighted by molar-refractivity contribution is 6.02. The molecule has 3 aromatic carbocycles. The lowest BCUT2D eigenvalue weighted by molar-refractivity contribution is -0.148. The molecule has 0 spiro atoms. The Hall–Kier alpha value is -4.53. The topological polar surface area (TPSA) is 106 Å². The molecule has 0 aliphatic heterocycles. The van der Waals surface area contributed by atoms with Gasteiger partial charge in [0.15, 0.2) is 12.0 Å². The molecule has 2 N–H and O–H groups in total. The van der Waals surface area contributed by atoms with Crippen LogP contribution in [-0.4, -0.2) is 29.1 Å². The molecule has 1 aromatic heterocycles. The predicted octanol–water partition coefficient (Wildman–Crippen LogP) is 3.19. The second-order valence-corrected chi connectivity index (χ2v) is 7.09. The van der Waals surface area contributed by atoms with Crippen LogP contribution in [0.1, 0.15) is 0 Å². The van der Waals surface area contributed by atoms with Gasteiger partial charge >= 0.3 is 12.0 Å². The van der Waals surface area contributed by atoms with E-state index in [1.165, 1.54) is 18.2 Å². The van der Waals surface area contributed by atoms with Gasteiger partial charge in [-0.1, -0.05) is 36.4 Å². The third-order valence-electron chi connectivity index (χ3n) is 4.91. The molecule has 0 unspecified atom stereocenters. The number of aromatic nitrogens is 1. The number of ether oxygens (including phenoxy) is 1. The number of amides is 3. The summed E-state index contributed by atoms with van der Waals surface area (Å²) in [6, 6.07) is 18.3.